The lowest BCUT2D eigenvalue weighted by molar-refractivity contribution is 0.294. The molecule has 0 atom stereocenters. The Morgan fingerprint density at radius 2 is 2.11 bits per heavy atom. The lowest BCUT2D eigenvalue weighted by Crippen LogP contribution is -2.18. The monoisotopic (exact) mass is 263 g/mol. The van der Waals surface area contributed by atoms with Crippen LogP contribution < -0.4 is 10.1 Å². The van der Waals surface area contributed by atoms with Crippen LogP contribution in [0.1, 0.15) is 46.4 Å². The van der Waals surface area contributed by atoms with Gasteiger partial charge in [0.25, 0.3) is 0 Å². The number of ether oxygens (including phenoxy) is 1. The van der Waals surface area contributed by atoms with Gasteiger partial charge in [-0.3, -0.25) is 0 Å². The average Bonchev–Trinajstić information content (AvgIpc) is 2.35. The molecule has 0 aliphatic carbocycles. The lowest BCUT2D eigenvalue weighted by Gasteiger charge is -2.18. The van der Waals surface area contributed by atoms with E-state index in [1.807, 2.05) is 6.07 Å². The van der Waals surface area contributed by atoms with Crippen LogP contribution in [0.4, 0.5) is 5.82 Å². The van der Waals surface area contributed by atoms with Crippen molar-refractivity contribution in [2.24, 2.45) is 0 Å². The average molecular weight is 263 g/mol. The summed E-state index contributed by atoms with van der Waals surface area (Å²) in [6.07, 6.45) is 3.94. The predicted octanol–water partition coefficient (Wildman–Crippen LogP) is 3.55. The SMILES string of the molecule is C=CCNc1cc(OCCCC)nc(C(C)(C)C)n1. The summed E-state index contributed by atoms with van der Waals surface area (Å²) < 4.78 is 5.69. The highest BCUT2D eigenvalue weighted by Crippen LogP contribution is 2.23. The molecule has 0 aliphatic heterocycles. The number of hydrogen-bond acceptors (Lipinski definition) is 4. The molecule has 106 valence electrons. The first-order chi connectivity index (χ1) is 8.97. The Morgan fingerprint density at radius 1 is 1.37 bits per heavy atom. The van der Waals surface area contributed by atoms with Gasteiger partial charge < -0.3 is 10.1 Å². The van der Waals surface area contributed by atoms with Crippen LogP contribution in [0, 0.1) is 0 Å². The molecular weight excluding hydrogens is 238 g/mol. The van der Waals surface area contributed by atoms with Crippen molar-refractivity contribution in [2.75, 3.05) is 18.5 Å². The van der Waals surface area contributed by atoms with E-state index in [9.17, 15) is 0 Å². The van der Waals surface area contributed by atoms with Crippen molar-refractivity contribution in [2.45, 2.75) is 46.0 Å². The molecule has 0 bridgehead atoms. The van der Waals surface area contributed by atoms with Gasteiger partial charge in [0.1, 0.15) is 11.6 Å². The van der Waals surface area contributed by atoms with E-state index in [1.54, 1.807) is 6.08 Å². The molecular formula is C15H25N3O. The maximum absolute atomic E-state index is 5.69. The first-order valence-electron chi connectivity index (χ1n) is 6.84. The Hall–Kier alpha value is -1.58. The van der Waals surface area contributed by atoms with Crippen LogP contribution in [-0.2, 0) is 5.41 Å². The van der Waals surface area contributed by atoms with Crippen LogP contribution in [0.5, 0.6) is 5.88 Å². The van der Waals surface area contributed by atoms with Crippen molar-refractivity contribution < 1.29 is 4.74 Å². The smallest absolute Gasteiger partial charge is 0.218 e. The van der Waals surface area contributed by atoms with E-state index in [2.05, 4.69) is 49.6 Å². The van der Waals surface area contributed by atoms with E-state index in [0.29, 0.717) is 19.0 Å². The standard InChI is InChI=1S/C15H25N3O/c1-6-8-10-19-13-11-12(16-9-7-2)17-14(18-13)15(3,4)5/h7,11H,2,6,8-10H2,1,3-5H3,(H,16,17,18). The third kappa shape index (κ3) is 5.28. The van der Waals surface area contributed by atoms with Gasteiger partial charge in [0.2, 0.25) is 5.88 Å². The zero-order valence-corrected chi connectivity index (χ0v) is 12.5. The van der Waals surface area contributed by atoms with Gasteiger partial charge in [-0.1, -0.05) is 40.2 Å². The normalized spacial score (nSPS) is 11.2. The second-order valence-corrected chi connectivity index (χ2v) is 5.54. The number of aromatic nitrogens is 2. The van der Waals surface area contributed by atoms with E-state index in [4.69, 9.17) is 4.74 Å². The first-order valence-corrected chi connectivity index (χ1v) is 6.84. The van der Waals surface area contributed by atoms with E-state index < -0.39 is 0 Å². The highest BCUT2D eigenvalue weighted by Gasteiger charge is 2.19. The number of nitrogens with zero attached hydrogens (tertiary/aromatic N) is 2. The summed E-state index contributed by atoms with van der Waals surface area (Å²) in [7, 11) is 0. The van der Waals surface area contributed by atoms with Gasteiger partial charge in [-0.15, -0.1) is 6.58 Å². The quantitative estimate of drug-likeness (QED) is 0.603. The Bertz CT molecular complexity index is 410. The predicted molar refractivity (Wildman–Crippen MR) is 79.8 cm³/mol. The molecule has 1 aromatic rings. The van der Waals surface area contributed by atoms with Crippen molar-refractivity contribution in [3.63, 3.8) is 0 Å². The van der Waals surface area contributed by atoms with Gasteiger partial charge in [-0.2, -0.15) is 4.98 Å². The van der Waals surface area contributed by atoms with Crippen molar-refractivity contribution in [1.29, 1.82) is 0 Å². The summed E-state index contributed by atoms with van der Waals surface area (Å²) in [6.45, 7) is 13.5. The van der Waals surface area contributed by atoms with Crippen LogP contribution in [0.2, 0.25) is 0 Å². The van der Waals surface area contributed by atoms with Gasteiger partial charge in [0.15, 0.2) is 0 Å². The Kier molecular flexibility index (Phi) is 5.80. The minimum atomic E-state index is -0.102. The maximum atomic E-state index is 5.69. The third-order valence-electron chi connectivity index (χ3n) is 2.55. The molecule has 0 fully saturated rings. The minimum Gasteiger partial charge on any atom is -0.478 e. The molecule has 0 saturated heterocycles. The molecule has 4 heteroatoms. The van der Waals surface area contributed by atoms with E-state index in [-0.39, 0.29) is 5.41 Å². The molecule has 0 amide bonds. The molecule has 1 rings (SSSR count). The Balaban J connectivity index is 2.92. The molecule has 0 spiro atoms. The minimum absolute atomic E-state index is 0.102. The molecule has 0 saturated carbocycles. The molecule has 1 heterocycles. The first kappa shape index (κ1) is 15.5. The zero-order chi connectivity index (χ0) is 14.3. The maximum Gasteiger partial charge on any atom is 0.218 e. The summed E-state index contributed by atoms with van der Waals surface area (Å²) in [5.74, 6) is 2.21. The fourth-order valence-electron chi connectivity index (χ4n) is 1.42. The Morgan fingerprint density at radius 3 is 2.68 bits per heavy atom. The lowest BCUT2D eigenvalue weighted by atomic mass is 9.96. The van der Waals surface area contributed by atoms with Crippen LogP contribution in [0.15, 0.2) is 18.7 Å². The van der Waals surface area contributed by atoms with Crippen molar-refractivity contribution in [3.8, 4) is 5.88 Å². The molecule has 0 aromatic carbocycles. The number of anilines is 1. The molecule has 4 nitrogen and oxygen atoms in total. The van der Waals surface area contributed by atoms with Gasteiger partial charge in [-0.05, 0) is 6.42 Å². The fraction of sp³-hybridized carbons (Fsp3) is 0.600. The second-order valence-electron chi connectivity index (χ2n) is 5.54. The topological polar surface area (TPSA) is 47.0 Å². The highest BCUT2D eigenvalue weighted by molar-refractivity contribution is 5.39. The van der Waals surface area contributed by atoms with Crippen molar-refractivity contribution in [3.05, 3.63) is 24.5 Å². The van der Waals surface area contributed by atoms with Gasteiger partial charge in [0.05, 0.1) is 6.61 Å². The van der Waals surface area contributed by atoms with E-state index >= 15 is 0 Å². The summed E-state index contributed by atoms with van der Waals surface area (Å²) in [4.78, 5) is 9.01. The summed E-state index contributed by atoms with van der Waals surface area (Å²) in [6, 6.07) is 1.84. The fourth-order valence-corrected chi connectivity index (χ4v) is 1.42. The van der Waals surface area contributed by atoms with Gasteiger partial charge in [0, 0.05) is 18.0 Å². The van der Waals surface area contributed by atoms with Crippen molar-refractivity contribution in [1.82, 2.24) is 9.97 Å². The molecule has 19 heavy (non-hydrogen) atoms. The van der Waals surface area contributed by atoms with Crippen molar-refractivity contribution >= 4 is 5.82 Å². The van der Waals surface area contributed by atoms with Gasteiger partial charge in [-0.25, -0.2) is 4.98 Å². The van der Waals surface area contributed by atoms with E-state index in [1.165, 1.54) is 0 Å². The second kappa shape index (κ2) is 7.12. The Labute approximate surface area is 116 Å². The summed E-state index contributed by atoms with van der Waals surface area (Å²) >= 11 is 0. The number of rotatable bonds is 7. The number of nitrogens with one attached hydrogen (secondary N) is 1. The van der Waals surface area contributed by atoms with Gasteiger partial charge >= 0.3 is 0 Å². The largest absolute Gasteiger partial charge is 0.478 e. The van der Waals surface area contributed by atoms with Crippen LogP contribution in [0.25, 0.3) is 0 Å². The van der Waals surface area contributed by atoms with E-state index in [0.717, 1.165) is 24.5 Å². The molecule has 1 N–H and O–H groups in total. The number of hydrogen-bond donors (Lipinski definition) is 1. The van der Waals surface area contributed by atoms with Crippen LogP contribution in [-0.4, -0.2) is 23.1 Å². The summed E-state index contributed by atoms with van der Waals surface area (Å²) in [5.41, 5.74) is -0.102. The molecule has 0 radical (unpaired) electrons. The third-order valence-corrected chi connectivity index (χ3v) is 2.55. The van der Waals surface area contributed by atoms with Crippen LogP contribution >= 0.6 is 0 Å². The number of unbranched alkanes of at least 4 members (excludes halogenated alkanes) is 1. The van der Waals surface area contributed by atoms with Crippen LogP contribution in [0.3, 0.4) is 0 Å². The highest BCUT2D eigenvalue weighted by atomic mass is 16.5. The molecule has 0 aliphatic rings. The summed E-state index contributed by atoms with van der Waals surface area (Å²) in [5, 5.41) is 3.19. The zero-order valence-electron chi connectivity index (χ0n) is 12.5. The molecule has 1 aromatic heterocycles. The molecule has 0 unspecified atom stereocenters.